The first-order chi connectivity index (χ1) is 8.16. The van der Waals surface area contributed by atoms with Crippen molar-refractivity contribution in [3.05, 3.63) is 33.4 Å². The van der Waals surface area contributed by atoms with E-state index in [0.29, 0.717) is 16.8 Å². The molecule has 6 heteroatoms. The molecular formula is C11H10BrClN4. The predicted molar refractivity (Wildman–Crippen MR) is 70.5 cm³/mol. The van der Waals surface area contributed by atoms with Gasteiger partial charge in [0, 0.05) is 10.4 Å². The number of hydrogen-bond donors (Lipinski definition) is 1. The van der Waals surface area contributed by atoms with Gasteiger partial charge < -0.3 is 5.73 Å². The Kier molecular flexibility index (Phi) is 2.60. The number of nitrogens with two attached hydrogens (primary N) is 1. The molecule has 3 rings (SSSR count). The second kappa shape index (κ2) is 3.99. The summed E-state index contributed by atoms with van der Waals surface area (Å²) in [4.78, 5) is 0. The molecule has 4 nitrogen and oxygen atoms in total. The summed E-state index contributed by atoms with van der Waals surface area (Å²) in [5.74, 6) is 0.976. The van der Waals surface area contributed by atoms with Crippen LogP contribution < -0.4 is 5.73 Å². The minimum absolute atomic E-state index is 0.472. The molecule has 0 saturated heterocycles. The van der Waals surface area contributed by atoms with Crippen LogP contribution in [0.5, 0.6) is 0 Å². The minimum Gasteiger partial charge on any atom is -0.381 e. The van der Waals surface area contributed by atoms with Crippen LogP contribution in [0.15, 0.2) is 22.7 Å². The fourth-order valence-corrected chi connectivity index (χ4v) is 2.41. The lowest BCUT2D eigenvalue weighted by Crippen LogP contribution is -2.03. The normalized spacial score (nSPS) is 15.2. The molecule has 17 heavy (non-hydrogen) atoms. The van der Waals surface area contributed by atoms with Crippen LogP contribution in [-0.2, 0) is 0 Å². The highest BCUT2D eigenvalue weighted by Crippen LogP contribution is 2.43. The van der Waals surface area contributed by atoms with Crippen LogP contribution in [0.4, 0.5) is 5.82 Å². The molecule has 1 aromatic heterocycles. The summed E-state index contributed by atoms with van der Waals surface area (Å²) >= 11 is 9.61. The third-order valence-corrected chi connectivity index (χ3v) is 3.65. The summed E-state index contributed by atoms with van der Waals surface area (Å²) in [5, 5.41) is 8.67. The van der Waals surface area contributed by atoms with E-state index in [4.69, 9.17) is 17.3 Å². The molecule has 0 amide bonds. The van der Waals surface area contributed by atoms with Crippen molar-refractivity contribution in [1.82, 2.24) is 15.0 Å². The second-order valence-corrected chi connectivity index (χ2v) is 5.46. The molecule has 0 bridgehead atoms. The van der Waals surface area contributed by atoms with Crippen LogP contribution in [-0.4, -0.2) is 15.0 Å². The van der Waals surface area contributed by atoms with E-state index in [-0.39, 0.29) is 0 Å². The van der Waals surface area contributed by atoms with Gasteiger partial charge in [-0.2, -0.15) is 0 Å². The average molecular weight is 314 g/mol. The average Bonchev–Trinajstić information content (AvgIpc) is 3.06. The Morgan fingerprint density at radius 1 is 1.41 bits per heavy atom. The van der Waals surface area contributed by atoms with Gasteiger partial charge in [-0.05, 0) is 31.0 Å². The minimum atomic E-state index is 0.472. The van der Waals surface area contributed by atoms with Gasteiger partial charge in [0.1, 0.15) is 0 Å². The molecule has 1 heterocycles. The molecule has 1 saturated carbocycles. The first kappa shape index (κ1) is 11.0. The Morgan fingerprint density at radius 2 is 2.18 bits per heavy atom. The fraction of sp³-hybridized carbons (Fsp3) is 0.273. The van der Waals surface area contributed by atoms with Crippen LogP contribution in [0.25, 0.3) is 5.69 Å². The highest BCUT2D eigenvalue weighted by Gasteiger charge is 2.31. The van der Waals surface area contributed by atoms with Crippen molar-refractivity contribution in [2.24, 2.45) is 0 Å². The number of aromatic nitrogens is 3. The van der Waals surface area contributed by atoms with Gasteiger partial charge in [-0.3, -0.25) is 0 Å². The molecule has 2 N–H and O–H groups in total. The summed E-state index contributed by atoms with van der Waals surface area (Å²) in [6, 6.07) is 5.64. The van der Waals surface area contributed by atoms with Crippen LogP contribution in [0, 0.1) is 0 Å². The number of nitrogen functional groups attached to an aromatic ring is 1. The van der Waals surface area contributed by atoms with E-state index in [0.717, 1.165) is 28.7 Å². The lowest BCUT2D eigenvalue weighted by Gasteiger charge is -2.08. The monoisotopic (exact) mass is 312 g/mol. The van der Waals surface area contributed by atoms with Crippen LogP contribution in [0.1, 0.15) is 24.5 Å². The summed E-state index contributed by atoms with van der Waals surface area (Å²) in [5.41, 5.74) is 7.65. The first-order valence-electron chi connectivity index (χ1n) is 5.33. The smallest absolute Gasteiger partial charge is 0.169 e. The van der Waals surface area contributed by atoms with Gasteiger partial charge in [0.05, 0.1) is 16.4 Å². The molecular weight excluding hydrogens is 304 g/mol. The van der Waals surface area contributed by atoms with Gasteiger partial charge in [0.15, 0.2) is 5.82 Å². The molecule has 0 unspecified atom stereocenters. The van der Waals surface area contributed by atoms with E-state index >= 15 is 0 Å². The van der Waals surface area contributed by atoms with Crippen molar-refractivity contribution in [1.29, 1.82) is 0 Å². The quantitative estimate of drug-likeness (QED) is 0.926. The standard InChI is InChI=1S/C11H10BrClN4/c12-7-3-4-8(13)9(5-7)17-10(6-1-2-6)11(14)15-16-17/h3-6H,1-2,14H2. The molecule has 0 radical (unpaired) electrons. The molecule has 1 aromatic carbocycles. The van der Waals surface area contributed by atoms with Gasteiger partial charge >= 0.3 is 0 Å². The summed E-state index contributed by atoms with van der Waals surface area (Å²) in [6.07, 6.45) is 2.28. The van der Waals surface area contributed by atoms with E-state index in [1.165, 1.54) is 0 Å². The van der Waals surface area contributed by atoms with Gasteiger partial charge in [-0.25, -0.2) is 4.68 Å². The third kappa shape index (κ3) is 1.93. The number of nitrogens with zero attached hydrogens (tertiary/aromatic N) is 3. The molecule has 0 aliphatic heterocycles. The molecule has 1 aliphatic rings. The molecule has 1 fully saturated rings. The van der Waals surface area contributed by atoms with E-state index in [1.54, 1.807) is 4.68 Å². The largest absolute Gasteiger partial charge is 0.381 e. The predicted octanol–water partition coefficient (Wildman–Crippen LogP) is 3.14. The number of rotatable bonds is 2. The Hall–Kier alpha value is -1.07. The van der Waals surface area contributed by atoms with Crippen molar-refractivity contribution in [3.63, 3.8) is 0 Å². The molecule has 0 atom stereocenters. The molecule has 2 aromatic rings. The van der Waals surface area contributed by atoms with Crippen molar-refractivity contribution in [3.8, 4) is 5.69 Å². The number of benzene rings is 1. The molecule has 88 valence electrons. The molecule has 0 spiro atoms. The number of anilines is 1. The Labute approximate surface area is 112 Å². The van der Waals surface area contributed by atoms with E-state index < -0.39 is 0 Å². The van der Waals surface area contributed by atoms with E-state index in [2.05, 4.69) is 26.2 Å². The van der Waals surface area contributed by atoms with Crippen LogP contribution >= 0.6 is 27.5 Å². The zero-order valence-corrected chi connectivity index (χ0v) is 11.2. The second-order valence-electron chi connectivity index (χ2n) is 4.14. The van der Waals surface area contributed by atoms with E-state index in [1.807, 2.05) is 18.2 Å². The topological polar surface area (TPSA) is 56.7 Å². The number of halogens is 2. The maximum atomic E-state index is 6.19. The maximum absolute atomic E-state index is 6.19. The number of hydrogen-bond acceptors (Lipinski definition) is 3. The summed E-state index contributed by atoms with van der Waals surface area (Å²) < 4.78 is 2.70. The van der Waals surface area contributed by atoms with Gasteiger partial charge in [0.2, 0.25) is 0 Å². The van der Waals surface area contributed by atoms with Crippen LogP contribution in [0.3, 0.4) is 0 Å². The van der Waals surface area contributed by atoms with E-state index in [9.17, 15) is 0 Å². The lowest BCUT2D eigenvalue weighted by atomic mass is 10.2. The van der Waals surface area contributed by atoms with Crippen molar-refractivity contribution in [2.45, 2.75) is 18.8 Å². The van der Waals surface area contributed by atoms with Gasteiger partial charge in [-0.15, -0.1) is 5.10 Å². The first-order valence-corrected chi connectivity index (χ1v) is 6.50. The summed E-state index contributed by atoms with van der Waals surface area (Å²) in [7, 11) is 0. The fourth-order valence-electron chi connectivity index (χ4n) is 1.87. The van der Waals surface area contributed by atoms with Gasteiger partial charge in [-0.1, -0.05) is 32.7 Å². The lowest BCUT2D eigenvalue weighted by molar-refractivity contribution is 0.763. The maximum Gasteiger partial charge on any atom is 0.169 e. The highest BCUT2D eigenvalue weighted by atomic mass is 79.9. The Morgan fingerprint density at radius 3 is 2.88 bits per heavy atom. The van der Waals surface area contributed by atoms with Crippen molar-refractivity contribution < 1.29 is 0 Å². The molecule has 1 aliphatic carbocycles. The third-order valence-electron chi connectivity index (χ3n) is 2.83. The van der Waals surface area contributed by atoms with Crippen LogP contribution in [0.2, 0.25) is 5.02 Å². The zero-order valence-electron chi connectivity index (χ0n) is 8.90. The Balaban J connectivity index is 2.17. The van der Waals surface area contributed by atoms with Crippen molar-refractivity contribution in [2.75, 3.05) is 5.73 Å². The van der Waals surface area contributed by atoms with Gasteiger partial charge in [0.25, 0.3) is 0 Å². The Bertz CT molecular complexity index is 577. The summed E-state index contributed by atoms with van der Waals surface area (Å²) in [6.45, 7) is 0. The van der Waals surface area contributed by atoms with Crippen molar-refractivity contribution >= 4 is 33.3 Å². The highest BCUT2D eigenvalue weighted by molar-refractivity contribution is 9.10. The SMILES string of the molecule is Nc1nnn(-c2cc(Br)ccc2Cl)c1C1CC1. The zero-order chi connectivity index (χ0) is 12.0.